The number of hydrogen-bond donors (Lipinski definition) is 0. The average Bonchev–Trinajstić information content (AvgIpc) is 2.62. The van der Waals surface area contributed by atoms with Gasteiger partial charge in [-0.3, -0.25) is 0 Å². The monoisotopic (exact) mass is 376 g/mol. The van der Waals surface area contributed by atoms with Gasteiger partial charge in [0, 0.05) is 24.5 Å². The maximum absolute atomic E-state index is 6.15. The molecular weight excluding hydrogens is 356 g/mol. The molecule has 0 aliphatic carbocycles. The number of anilines is 2. The van der Waals surface area contributed by atoms with Crippen LogP contribution in [0, 0.1) is 6.92 Å². The number of benzene rings is 1. The molecule has 0 saturated carbocycles. The second-order valence-corrected chi connectivity index (χ2v) is 7.62. The molecule has 2 aliphatic rings. The molecule has 2 aromatic rings. The molecule has 7 heteroatoms. The van der Waals surface area contributed by atoms with E-state index in [1.807, 2.05) is 6.92 Å². The normalized spacial score (nSPS) is 19.6. The van der Waals surface area contributed by atoms with E-state index in [1.54, 1.807) is 11.8 Å². The lowest BCUT2D eigenvalue weighted by atomic mass is 10.1. The molecule has 4 rings (SSSR count). The minimum atomic E-state index is 0.303. The van der Waals surface area contributed by atoms with Gasteiger partial charge in [0.05, 0.1) is 24.9 Å². The molecule has 1 unspecified atom stereocenters. The third kappa shape index (κ3) is 3.30. The summed E-state index contributed by atoms with van der Waals surface area (Å²) in [5.41, 5.74) is 3.31. The van der Waals surface area contributed by atoms with Crippen LogP contribution in [0.25, 0.3) is 0 Å². The van der Waals surface area contributed by atoms with Gasteiger partial charge < -0.3 is 14.5 Å². The van der Waals surface area contributed by atoms with Crippen molar-refractivity contribution in [2.24, 2.45) is 0 Å². The van der Waals surface area contributed by atoms with Gasteiger partial charge in [0.1, 0.15) is 5.69 Å². The number of fused-ring (bicyclic) bond motifs is 3. The molecule has 5 nitrogen and oxygen atoms in total. The summed E-state index contributed by atoms with van der Waals surface area (Å²) in [6, 6.07) is 9.04. The highest BCUT2D eigenvalue weighted by atomic mass is 35.5. The van der Waals surface area contributed by atoms with Crippen LogP contribution in [-0.4, -0.2) is 48.6 Å². The standard InChI is InChI=1S/C18H21ClN4OS/c1-12-16-17(21-18(19)20-12)23-7-8-24-11-14(23)10-22(16)9-13-3-5-15(25-2)6-4-13/h3-6,14H,7-11H2,1-2H3. The SMILES string of the molecule is CSc1ccc(CN2CC3COCCN3c3nc(Cl)nc(C)c32)cc1. The minimum absolute atomic E-state index is 0.303. The molecular formula is C18H21ClN4OS. The lowest BCUT2D eigenvalue weighted by Crippen LogP contribution is -2.55. The first-order valence-corrected chi connectivity index (χ1v) is 10.0. The predicted octanol–water partition coefficient (Wildman–Crippen LogP) is 3.39. The second-order valence-electron chi connectivity index (χ2n) is 6.40. The number of thioether (sulfide) groups is 1. The van der Waals surface area contributed by atoms with Crippen molar-refractivity contribution >= 4 is 34.9 Å². The van der Waals surface area contributed by atoms with E-state index >= 15 is 0 Å². The van der Waals surface area contributed by atoms with E-state index in [0.717, 1.165) is 50.0 Å². The molecule has 0 amide bonds. The van der Waals surface area contributed by atoms with E-state index in [0.29, 0.717) is 11.3 Å². The van der Waals surface area contributed by atoms with Gasteiger partial charge in [-0.15, -0.1) is 11.8 Å². The van der Waals surface area contributed by atoms with Crippen LogP contribution in [0.1, 0.15) is 11.3 Å². The van der Waals surface area contributed by atoms with E-state index in [1.165, 1.54) is 10.5 Å². The molecule has 0 bridgehead atoms. The highest BCUT2D eigenvalue weighted by Gasteiger charge is 2.35. The molecule has 1 fully saturated rings. The van der Waals surface area contributed by atoms with Crippen molar-refractivity contribution in [1.29, 1.82) is 0 Å². The molecule has 3 heterocycles. The van der Waals surface area contributed by atoms with Crippen LogP contribution in [-0.2, 0) is 11.3 Å². The first kappa shape index (κ1) is 16.9. The summed E-state index contributed by atoms with van der Waals surface area (Å²) in [6.45, 7) is 6.05. The van der Waals surface area contributed by atoms with E-state index in [9.17, 15) is 0 Å². The molecule has 0 radical (unpaired) electrons. The predicted molar refractivity (Wildman–Crippen MR) is 103 cm³/mol. The zero-order chi connectivity index (χ0) is 17.4. The van der Waals surface area contributed by atoms with Gasteiger partial charge in [-0.1, -0.05) is 12.1 Å². The minimum Gasteiger partial charge on any atom is -0.377 e. The maximum atomic E-state index is 6.15. The van der Waals surface area contributed by atoms with Crippen molar-refractivity contribution in [2.45, 2.75) is 24.4 Å². The zero-order valence-corrected chi connectivity index (χ0v) is 16.0. The molecule has 1 saturated heterocycles. The van der Waals surface area contributed by atoms with Gasteiger partial charge >= 0.3 is 0 Å². The number of hydrogen-bond acceptors (Lipinski definition) is 6. The van der Waals surface area contributed by atoms with Gasteiger partial charge in [-0.2, -0.15) is 4.98 Å². The third-order valence-electron chi connectivity index (χ3n) is 4.79. The number of halogens is 1. The molecule has 1 atom stereocenters. The molecule has 0 N–H and O–H groups in total. The van der Waals surface area contributed by atoms with Crippen molar-refractivity contribution < 1.29 is 4.74 Å². The Hall–Kier alpha value is -1.50. The summed E-state index contributed by atoms with van der Waals surface area (Å²) in [4.78, 5) is 14.9. The highest BCUT2D eigenvalue weighted by molar-refractivity contribution is 7.98. The van der Waals surface area contributed by atoms with Crippen LogP contribution in [0.5, 0.6) is 0 Å². The zero-order valence-electron chi connectivity index (χ0n) is 14.4. The fraction of sp³-hybridized carbons (Fsp3) is 0.444. The van der Waals surface area contributed by atoms with E-state index in [4.69, 9.17) is 16.3 Å². The van der Waals surface area contributed by atoms with Crippen LogP contribution in [0.3, 0.4) is 0 Å². The quantitative estimate of drug-likeness (QED) is 0.604. The van der Waals surface area contributed by atoms with Gasteiger partial charge in [0.15, 0.2) is 5.82 Å². The second kappa shape index (κ2) is 7.02. The number of aryl methyl sites for hydroxylation is 1. The molecule has 1 aromatic carbocycles. The fourth-order valence-electron chi connectivity index (χ4n) is 3.61. The van der Waals surface area contributed by atoms with Gasteiger partial charge in [-0.25, -0.2) is 4.98 Å². The van der Waals surface area contributed by atoms with Crippen molar-refractivity contribution in [3.05, 3.63) is 40.8 Å². The molecule has 1 aromatic heterocycles. The summed E-state index contributed by atoms with van der Waals surface area (Å²) in [5.74, 6) is 0.942. The van der Waals surface area contributed by atoms with E-state index in [-0.39, 0.29) is 0 Å². The number of rotatable bonds is 3. The van der Waals surface area contributed by atoms with Gasteiger partial charge in [0.2, 0.25) is 5.28 Å². The topological polar surface area (TPSA) is 41.5 Å². The highest BCUT2D eigenvalue weighted by Crippen LogP contribution is 2.38. The first-order valence-electron chi connectivity index (χ1n) is 8.42. The number of ether oxygens (including phenoxy) is 1. The van der Waals surface area contributed by atoms with Crippen LogP contribution in [0.15, 0.2) is 29.2 Å². The summed E-state index contributed by atoms with van der Waals surface area (Å²) >= 11 is 7.91. The lowest BCUT2D eigenvalue weighted by molar-refractivity contribution is 0.0935. The number of morpholine rings is 1. The number of nitrogens with zero attached hydrogens (tertiary/aromatic N) is 4. The fourth-order valence-corrected chi connectivity index (χ4v) is 4.23. The molecule has 2 aliphatic heterocycles. The van der Waals surface area contributed by atoms with Crippen LogP contribution >= 0.6 is 23.4 Å². The Balaban J connectivity index is 1.70. The smallest absolute Gasteiger partial charge is 0.224 e. The van der Waals surface area contributed by atoms with Crippen LogP contribution in [0.4, 0.5) is 11.5 Å². The first-order chi connectivity index (χ1) is 12.2. The van der Waals surface area contributed by atoms with Crippen molar-refractivity contribution in [3.63, 3.8) is 0 Å². The van der Waals surface area contributed by atoms with Crippen LogP contribution in [0.2, 0.25) is 5.28 Å². The van der Waals surface area contributed by atoms with Gasteiger partial charge in [-0.05, 0) is 42.5 Å². The lowest BCUT2D eigenvalue weighted by Gasteiger charge is -2.46. The third-order valence-corrected chi connectivity index (χ3v) is 5.70. The average molecular weight is 377 g/mol. The Bertz CT molecular complexity index is 770. The largest absolute Gasteiger partial charge is 0.377 e. The molecule has 25 heavy (non-hydrogen) atoms. The Kier molecular flexibility index (Phi) is 4.75. The Morgan fingerprint density at radius 3 is 2.84 bits per heavy atom. The molecule has 132 valence electrons. The van der Waals surface area contributed by atoms with Crippen molar-refractivity contribution in [3.8, 4) is 0 Å². The summed E-state index contributed by atoms with van der Waals surface area (Å²) in [7, 11) is 0. The van der Waals surface area contributed by atoms with E-state index < -0.39 is 0 Å². The Morgan fingerprint density at radius 1 is 1.28 bits per heavy atom. The summed E-state index contributed by atoms with van der Waals surface area (Å²) in [6.07, 6.45) is 2.10. The van der Waals surface area contributed by atoms with Crippen molar-refractivity contribution in [2.75, 3.05) is 42.4 Å². The maximum Gasteiger partial charge on any atom is 0.224 e. The van der Waals surface area contributed by atoms with Gasteiger partial charge in [0.25, 0.3) is 0 Å². The van der Waals surface area contributed by atoms with Crippen molar-refractivity contribution in [1.82, 2.24) is 9.97 Å². The summed E-state index contributed by atoms with van der Waals surface area (Å²) in [5, 5.41) is 0.313. The van der Waals surface area contributed by atoms with Crippen LogP contribution < -0.4 is 9.80 Å². The Labute approximate surface area is 157 Å². The molecule has 0 spiro atoms. The Morgan fingerprint density at radius 2 is 2.08 bits per heavy atom. The summed E-state index contributed by atoms with van der Waals surface area (Å²) < 4.78 is 5.70. The number of aromatic nitrogens is 2. The van der Waals surface area contributed by atoms with E-state index in [2.05, 4.69) is 50.3 Å².